The highest BCUT2D eigenvalue weighted by Crippen LogP contribution is 2.13. The molecule has 1 unspecified atom stereocenters. The number of nitrogens with zero attached hydrogens (tertiary/aromatic N) is 1. The quantitative estimate of drug-likeness (QED) is 0.869. The van der Waals surface area contributed by atoms with Gasteiger partial charge >= 0.3 is 0 Å². The van der Waals surface area contributed by atoms with Crippen LogP contribution in [0.2, 0.25) is 5.02 Å². The number of benzene rings is 1. The summed E-state index contributed by atoms with van der Waals surface area (Å²) in [6.07, 6.45) is 0.943. The Balaban J connectivity index is 2.43. The molecule has 0 spiro atoms. The van der Waals surface area contributed by atoms with Gasteiger partial charge in [-0.2, -0.15) is 5.26 Å². The Labute approximate surface area is 109 Å². The minimum Gasteiger partial charge on any atom is -0.312 e. The van der Waals surface area contributed by atoms with E-state index in [1.165, 1.54) is 5.56 Å². The van der Waals surface area contributed by atoms with Crippen LogP contribution in [0.1, 0.15) is 26.3 Å². The molecule has 2 nitrogen and oxygen atoms in total. The Morgan fingerprint density at radius 2 is 1.94 bits per heavy atom. The Morgan fingerprint density at radius 3 is 2.47 bits per heavy atom. The second kappa shape index (κ2) is 6.05. The van der Waals surface area contributed by atoms with Gasteiger partial charge in [0.2, 0.25) is 0 Å². The SMILES string of the molecule is CC(Cc1ccc(Cl)cc1)NCC(C)(C)C#N. The van der Waals surface area contributed by atoms with E-state index in [0.717, 1.165) is 11.4 Å². The first kappa shape index (κ1) is 14.0. The van der Waals surface area contributed by atoms with Crippen molar-refractivity contribution in [1.29, 1.82) is 5.26 Å². The Bertz CT molecular complexity index is 390. The summed E-state index contributed by atoms with van der Waals surface area (Å²) < 4.78 is 0. The van der Waals surface area contributed by atoms with Crippen molar-refractivity contribution in [2.45, 2.75) is 33.2 Å². The van der Waals surface area contributed by atoms with E-state index in [0.29, 0.717) is 12.6 Å². The molecule has 1 aromatic rings. The number of nitriles is 1. The second-order valence-corrected chi connectivity index (χ2v) is 5.54. The molecule has 0 saturated heterocycles. The van der Waals surface area contributed by atoms with Crippen LogP contribution in [-0.2, 0) is 6.42 Å². The third-order valence-corrected chi connectivity index (χ3v) is 2.90. The number of hydrogen-bond acceptors (Lipinski definition) is 2. The van der Waals surface area contributed by atoms with Gasteiger partial charge in [-0.15, -0.1) is 0 Å². The molecule has 0 radical (unpaired) electrons. The van der Waals surface area contributed by atoms with Crippen LogP contribution in [0.5, 0.6) is 0 Å². The largest absolute Gasteiger partial charge is 0.312 e. The first-order chi connectivity index (χ1) is 7.93. The van der Waals surface area contributed by atoms with Crippen LogP contribution >= 0.6 is 11.6 Å². The van der Waals surface area contributed by atoms with Gasteiger partial charge in [-0.05, 0) is 44.9 Å². The van der Waals surface area contributed by atoms with Crippen molar-refractivity contribution in [2.24, 2.45) is 5.41 Å². The molecule has 3 heteroatoms. The average Bonchev–Trinajstić information content (AvgIpc) is 2.30. The smallest absolute Gasteiger partial charge is 0.0697 e. The van der Waals surface area contributed by atoms with E-state index in [1.807, 2.05) is 38.1 Å². The fourth-order valence-electron chi connectivity index (χ4n) is 1.52. The molecular weight excluding hydrogens is 232 g/mol. The van der Waals surface area contributed by atoms with Crippen LogP contribution in [0, 0.1) is 16.7 Å². The van der Waals surface area contributed by atoms with Gasteiger partial charge in [-0.3, -0.25) is 0 Å². The summed E-state index contributed by atoms with van der Waals surface area (Å²) in [5.74, 6) is 0. The molecule has 1 atom stereocenters. The maximum absolute atomic E-state index is 8.92. The van der Waals surface area contributed by atoms with Crippen molar-refractivity contribution in [3.63, 3.8) is 0 Å². The molecule has 1 aromatic carbocycles. The lowest BCUT2D eigenvalue weighted by atomic mass is 9.95. The molecule has 1 rings (SSSR count). The molecule has 0 aliphatic heterocycles. The van der Waals surface area contributed by atoms with Crippen LogP contribution in [0.3, 0.4) is 0 Å². The molecule has 0 bridgehead atoms. The van der Waals surface area contributed by atoms with Gasteiger partial charge in [0, 0.05) is 17.6 Å². The molecule has 0 aliphatic carbocycles. The Kier molecular flexibility index (Phi) is 4.99. The molecule has 92 valence electrons. The first-order valence-corrected chi connectivity index (χ1v) is 6.20. The van der Waals surface area contributed by atoms with Gasteiger partial charge in [0.1, 0.15) is 0 Å². The summed E-state index contributed by atoms with van der Waals surface area (Å²) in [4.78, 5) is 0. The van der Waals surface area contributed by atoms with Gasteiger partial charge in [-0.1, -0.05) is 23.7 Å². The van der Waals surface area contributed by atoms with Crippen LogP contribution in [0.4, 0.5) is 0 Å². The van der Waals surface area contributed by atoms with E-state index in [-0.39, 0.29) is 5.41 Å². The van der Waals surface area contributed by atoms with Crippen LogP contribution in [0.15, 0.2) is 24.3 Å². The predicted molar refractivity (Wildman–Crippen MR) is 72.0 cm³/mol. The van der Waals surface area contributed by atoms with Gasteiger partial charge in [-0.25, -0.2) is 0 Å². The van der Waals surface area contributed by atoms with Gasteiger partial charge in [0.05, 0.1) is 11.5 Å². The molecular formula is C14H19ClN2. The maximum atomic E-state index is 8.92. The van der Waals surface area contributed by atoms with Crippen molar-refractivity contribution in [3.05, 3.63) is 34.9 Å². The zero-order valence-corrected chi connectivity index (χ0v) is 11.4. The predicted octanol–water partition coefficient (Wildman–Crippen LogP) is 3.41. The van der Waals surface area contributed by atoms with Crippen LogP contribution < -0.4 is 5.32 Å². The monoisotopic (exact) mass is 250 g/mol. The summed E-state index contributed by atoms with van der Waals surface area (Å²) in [5, 5.41) is 13.1. The lowest BCUT2D eigenvalue weighted by Gasteiger charge is -2.20. The van der Waals surface area contributed by atoms with Crippen LogP contribution in [-0.4, -0.2) is 12.6 Å². The number of nitrogens with one attached hydrogen (secondary N) is 1. The summed E-state index contributed by atoms with van der Waals surface area (Å²) >= 11 is 5.84. The van der Waals surface area contributed by atoms with E-state index in [9.17, 15) is 0 Å². The minimum atomic E-state index is -0.311. The number of halogens is 1. The summed E-state index contributed by atoms with van der Waals surface area (Å²) in [7, 11) is 0. The molecule has 0 aliphatic rings. The number of rotatable bonds is 5. The maximum Gasteiger partial charge on any atom is 0.0697 e. The molecule has 17 heavy (non-hydrogen) atoms. The van der Waals surface area contributed by atoms with Crippen molar-refractivity contribution in [1.82, 2.24) is 5.32 Å². The van der Waals surface area contributed by atoms with Crippen molar-refractivity contribution >= 4 is 11.6 Å². The fraction of sp³-hybridized carbons (Fsp3) is 0.500. The zero-order valence-electron chi connectivity index (χ0n) is 10.6. The van der Waals surface area contributed by atoms with E-state index in [1.54, 1.807) is 0 Å². The third kappa shape index (κ3) is 5.21. The summed E-state index contributed by atoms with van der Waals surface area (Å²) in [5.41, 5.74) is 0.943. The lowest BCUT2D eigenvalue weighted by Crippen LogP contribution is -2.35. The molecule has 0 saturated carbocycles. The van der Waals surface area contributed by atoms with Gasteiger partial charge in [0.15, 0.2) is 0 Å². The highest BCUT2D eigenvalue weighted by atomic mass is 35.5. The first-order valence-electron chi connectivity index (χ1n) is 5.82. The lowest BCUT2D eigenvalue weighted by molar-refractivity contribution is 0.409. The van der Waals surface area contributed by atoms with Gasteiger partial charge < -0.3 is 5.32 Å². The minimum absolute atomic E-state index is 0.311. The highest BCUT2D eigenvalue weighted by molar-refractivity contribution is 6.30. The number of hydrogen-bond donors (Lipinski definition) is 1. The Hall–Kier alpha value is -1.04. The van der Waals surface area contributed by atoms with E-state index >= 15 is 0 Å². The second-order valence-electron chi connectivity index (χ2n) is 5.11. The summed E-state index contributed by atoms with van der Waals surface area (Å²) in [6.45, 7) is 6.71. The molecule has 0 fully saturated rings. The zero-order chi connectivity index (χ0) is 12.9. The third-order valence-electron chi connectivity index (χ3n) is 2.65. The van der Waals surface area contributed by atoms with Crippen molar-refractivity contribution in [2.75, 3.05) is 6.54 Å². The average molecular weight is 251 g/mol. The normalized spacial score (nSPS) is 13.1. The van der Waals surface area contributed by atoms with E-state index in [4.69, 9.17) is 16.9 Å². The molecule has 0 amide bonds. The van der Waals surface area contributed by atoms with Crippen LogP contribution in [0.25, 0.3) is 0 Å². The van der Waals surface area contributed by atoms with Gasteiger partial charge in [0.25, 0.3) is 0 Å². The summed E-state index contributed by atoms with van der Waals surface area (Å²) in [6, 6.07) is 10.5. The Morgan fingerprint density at radius 1 is 1.35 bits per heavy atom. The molecule has 1 N–H and O–H groups in total. The molecule has 0 aromatic heterocycles. The van der Waals surface area contributed by atoms with E-state index < -0.39 is 0 Å². The standard InChI is InChI=1S/C14H19ClN2/c1-11(17-10-14(2,3)9-16)8-12-4-6-13(15)7-5-12/h4-7,11,17H,8,10H2,1-3H3. The fourth-order valence-corrected chi connectivity index (χ4v) is 1.64. The van der Waals surface area contributed by atoms with E-state index in [2.05, 4.69) is 18.3 Å². The highest BCUT2D eigenvalue weighted by Gasteiger charge is 2.17. The topological polar surface area (TPSA) is 35.8 Å². The van der Waals surface area contributed by atoms with Crippen molar-refractivity contribution in [3.8, 4) is 6.07 Å². The molecule has 0 heterocycles. The van der Waals surface area contributed by atoms with Crippen molar-refractivity contribution < 1.29 is 0 Å².